The molecule has 0 radical (unpaired) electrons. The van der Waals surface area contributed by atoms with E-state index < -0.39 is 0 Å². The zero-order valence-corrected chi connectivity index (χ0v) is 18.4. The third-order valence-electron chi connectivity index (χ3n) is 6.16. The molecule has 0 spiro atoms. The van der Waals surface area contributed by atoms with E-state index in [9.17, 15) is 5.26 Å². The lowest BCUT2D eigenvalue weighted by molar-refractivity contribution is 0.403. The minimum atomic E-state index is 0.406. The number of aromatic amines is 1. The number of pyridine rings is 1. The summed E-state index contributed by atoms with van der Waals surface area (Å²) >= 11 is 6.41. The number of aromatic nitrogens is 2. The summed E-state index contributed by atoms with van der Waals surface area (Å²) in [5, 5.41) is 14.5. The lowest BCUT2D eigenvalue weighted by Crippen LogP contribution is -2.34. The molecule has 0 atom stereocenters. The van der Waals surface area contributed by atoms with Gasteiger partial charge >= 0.3 is 0 Å². The van der Waals surface area contributed by atoms with E-state index >= 15 is 0 Å². The molecule has 32 heavy (non-hydrogen) atoms. The first-order valence-corrected chi connectivity index (χ1v) is 11.3. The van der Waals surface area contributed by atoms with Crippen molar-refractivity contribution in [3.8, 4) is 6.07 Å². The number of hydrogen-bond donors (Lipinski definition) is 2. The quantitative estimate of drug-likeness (QED) is 0.382. The van der Waals surface area contributed by atoms with Crippen LogP contribution in [0.3, 0.4) is 0 Å². The Morgan fingerprint density at radius 1 is 1.09 bits per heavy atom. The number of nitrogens with zero attached hydrogens (tertiary/aromatic N) is 3. The van der Waals surface area contributed by atoms with Crippen molar-refractivity contribution in [1.29, 1.82) is 5.26 Å². The van der Waals surface area contributed by atoms with E-state index in [4.69, 9.17) is 11.6 Å². The van der Waals surface area contributed by atoms with E-state index in [1.165, 1.54) is 5.56 Å². The molecule has 6 heteroatoms. The number of anilines is 3. The van der Waals surface area contributed by atoms with Crippen LogP contribution in [0.15, 0.2) is 66.9 Å². The molecule has 1 aliphatic rings. The molecule has 4 aromatic rings. The van der Waals surface area contributed by atoms with E-state index in [2.05, 4.69) is 56.6 Å². The van der Waals surface area contributed by atoms with Gasteiger partial charge < -0.3 is 15.2 Å². The lowest BCUT2D eigenvalue weighted by atomic mass is 9.90. The van der Waals surface area contributed by atoms with Gasteiger partial charge in [-0.1, -0.05) is 41.9 Å². The Hall–Kier alpha value is -3.49. The Balaban J connectivity index is 1.31. The predicted octanol–water partition coefficient (Wildman–Crippen LogP) is 6.29. The summed E-state index contributed by atoms with van der Waals surface area (Å²) in [5.74, 6) is 1.34. The first-order chi connectivity index (χ1) is 15.7. The lowest BCUT2D eigenvalue weighted by Gasteiger charge is -2.34. The van der Waals surface area contributed by atoms with Crippen LogP contribution in [0.4, 0.5) is 17.2 Å². The maximum atomic E-state index is 9.53. The number of H-pyrrole nitrogens is 1. The fourth-order valence-corrected chi connectivity index (χ4v) is 4.79. The van der Waals surface area contributed by atoms with Crippen LogP contribution in [0.5, 0.6) is 0 Å². The third kappa shape index (κ3) is 4.42. The fraction of sp³-hybridized carbons (Fsp3) is 0.231. The number of rotatable bonds is 5. The number of fused-ring (bicyclic) bond motifs is 1. The van der Waals surface area contributed by atoms with Crippen molar-refractivity contribution in [3.05, 3.63) is 83.1 Å². The van der Waals surface area contributed by atoms with Crippen molar-refractivity contribution in [1.82, 2.24) is 9.97 Å². The zero-order valence-electron chi connectivity index (χ0n) is 17.7. The van der Waals surface area contributed by atoms with Crippen molar-refractivity contribution < 1.29 is 0 Å². The largest absolute Gasteiger partial charge is 0.371 e. The number of piperidine rings is 1. The van der Waals surface area contributed by atoms with Crippen LogP contribution in [-0.4, -0.2) is 23.1 Å². The SMILES string of the molecule is N#Cc1cc(N2CCC(Cc3ccccc3)CC2)cc(Nc2cc(Cl)c3cc[nH]c3c2)n1. The number of hydrogen-bond acceptors (Lipinski definition) is 4. The van der Waals surface area contributed by atoms with Crippen LogP contribution < -0.4 is 10.2 Å². The molecule has 1 aliphatic heterocycles. The summed E-state index contributed by atoms with van der Waals surface area (Å²) in [6.45, 7) is 1.96. The monoisotopic (exact) mass is 441 g/mol. The first kappa shape index (κ1) is 20.4. The molecule has 1 fully saturated rings. The number of nitrogens with one attached hydrogen (secondary N) is 2. The van der Waals surface area contributed by atoms with Crippen molar-refractivity contribution >= 4 is 39.7 Å². The summed E-state index contributed by atoms with van der Waals surface area (Å²) in [6.07, 6.45) is 5.28. The maximum absolute atomic E-state index is 9.53. The third-order valence-corrected chi connectivity index (χ3v) is 6.48. The Bertz CT molecular complexity index is 1270. The normalized spacial score (nSPS) is 14.4. The molecule has 5 nitrogen and oxygen atoms in total. The number of halogens is 1. The minimum Gasteiger partial charge on any atom is -0.371 e. The Morgan fingerprint density at radius 3 is 2.69 bits per heavy atom. The second kappa shape index (κ2) is 8.94. The molecule has 2 aromatic heterocycles. The summed E-state index contributed by atoms with van der Waals surface area (Å²) in [7, 11) is 0. The van der Waals surface area contributed by atoms with E-state index in [1.54, 1.807) is 0 Å². The Morgan fingerprint density at radius 2 is 1.91 bits per heavy atom. The molecule has 160 valence electrons. The molecule has 0 saturated carbocycles. The van der Waals surface area contributed by atoms with Gasteiger partial charge in [-0.2, -0.15) is 5.26 Å². The molecule has 0 unspecified atom stereocenters. The van der Waals surface area contributed by atoms with Gasteiger partial charge in [0, 0.05) is 47.6 Å². The van der Waals surface area contributed by atoms with Crippen molar-refractivity contribution in [3.63, 3.8) is 0 Å². The van der Waals surface area contributed by atoms with E-state index in [0.717, 1.165) is 54.6 Å². The van der Waals surface area contributed by atoms with Crippen molar-refractivity contribution in [2.24, 2.45) is 5.92 Å². The van der Waals surface area contributed by atoms with Crippen LogP contribution in [0.1, 0.15) is 24.1 Å². The highest BCUT2D eigenvalue weighted by atomic mass is 35.5. The molecule has 1 saturated heterocycles. The highest BCUT2D eigenvalue weighted by molar-refractivity contribution is 6.35. The van der Waals surface area contributed by atoms with E-state index in [-0.39, 0.29) is 0 Å². The number of benzene rings is 2. The fourth-order valence-electron chi connectivity index (χ4n) is 4.50. The van der Waals surface area contributed by atoms with Gasteiger partial charge in [0.1, 0.15) is 17.6 Å². The van der Waals surface area contributed by atoms with Gasteiger partial charge in [-0.05, 0) is 55.0 Å². The molecule has 0 bridgehead atoms. The number of nitriles is 1. The van der Waals surface area contributed by atoms with Gasteiger partial charge in [-0.25, -0.2) is 4.98 Å². The zero-order chi connectivity index (χ0) is 21.9. The molecular weight excluding hydrogens is 418 g/mol. The van der Waals surface area contributed by atoms with Gasteiger partial charge in [-0.15, -0.1) is 0 Å². The van der Waals surface area contributed by atoms with Gasteiger partial charge in [0.05, 0.1) is 5.02 Å². The topological polar surface area (TPSA) is 67.7 Å². The minimum absolute atomic E-state index is 0.406. The van der Waals surface area contributed by atoms with Gasteiger partial charge in [0.15, 0.2) is 0 Å². The second-order valence-corrected chi connectivity index (χ2v) is 8.76. The average Bonchev–Trinajstić information content (AvgIpc) is 3.29. The molecule has 3 heterocycles. The summed E-state index contributed by atoms with van der Waals surface area (Å²) < 4.78 is 0. The average molecular weight is 442 g/mol. The summed E-state index contributed by atoms with van der Waals surface area (Å²) in [5.41, 5.74) is 4.63. The molecule has 2 N–H and O–H groups in total. The van der Waals surface area contributed by atoms with Crippen molar-refractivity contribution in [2.75, 3.05) is 23.3 Å². The van der Waals surface area contributed by atoms with Crippen LogP contribution >= 0.6 is 11.6 Å². The summed E-state index contributed by atoms with van der Waals surface area (Å²) in [6, 6.07) is 22.6. The smallest absolute Gasteiger partial charge is 0.144 e. The van der Waals surface area contributed by atoms with Gasteiger partial charge in [0.2, 0.25) is 0 Å². The van der Waals surface area contributed by atoms with Crippen LogP contribution in [0.25, 0.3) is 10.9 Å². The van der Waals surface area contributed by atoms with Crippen LogP contribution in [-0.2, 0) is 6.42 Å². The van der Waals surface area contributed by atoms with Gasteiger partial charge in [-0.3, -0.25) is 0 Å². The van der Waals surface area contributed by atoms with Gasteiger partial charge in [0.25, 0.3) is 0 Å². The molecule has 2 aromatic carbocycles. The summed E-state index contributed by atoms with van der Waals surface area (Å²) in [4.78, 5) is 10.0. The molecule has 5 rings (SSSR count). The molecule has 0 aliphatic carbocycles. The van der Waals surface area contributed by atoms with Crippen molar-refractivity contribution in [2.45, 2.75) is 19.3 Å². The standard InChI is InChI=1S/C26H24ClN5/c27-24-14-20(15-25-23(24)6-9-29-25)30-26-16-22(13-21(17-28)31-26)32-10-7-19(8-11-32)12-18-4-2-1-3-5-18/h1-6,9,13-16,19,29H,7-8,10-12H2,(H,30,31). The second-order valence-electron chi connectivity index (χ2n) is 8.35. The molecular formula is C26H24ClN5. The first-order valence-electron chi connectivity index (χ1n) is 10.9. The Kier molecular flexibility index (Phi) is 5.70. The maximum Gasteiger partial charge on any atom is 0.144 e. The van der Waals surface area contributed by atoms with Crippen LogP contribution in [0.2, 0.25) is 5.02 Å². The predicted molar refractivity (Wildman–Crippen MR) is 131 cm³/mol. The van der Waals surface area contributed by atoms with E-state index in [1.807, 2.05) is 36.5 Å². The highest BCUT2D eigenvalue weighted by Crippen LogP contribution is 2.31. The Labute approximate surface area is 192 Å². The highest BCUT2D eigenvalue weighted by Gasteiger charge is 2.21. The van der Waals surface area contributed by atoms with E-state index in [0.29, 0.717) is 22.5 Å². The molecule has 0 amide bonds. The van der Waals surface area contributed by atoms with Crippen LogP contribution in [0, 0.1) is 17.2 Å².